The number of nitrogens with zero attached hydrogens (tertiary/aromatic N) is 1. The zero-order chi connectivity index (χ0) is 18.8. The van der Waals surface area contributed by atoms with E-state index in [1.807, 2.05) is 37.3 Å². The van der Waals surface area contributed by atoms with Gasteiger partial charge in [0.1, 0.15) is 4.88 Å². The minimum Gasteiger partial charge on any atom is -0.399 e. The van der Waals surface area contributed by atoms with Crippen molar-refractivity contribution in [2.45, 2.75) is 38.6 Å². The molecule has 1 unspecified atom stereocenters. The Morgan fingerprint density at radius 1 is 1.26 bits per heavy atom. The molecule has 0 saturated carbocycles. The number of nitrogen functional groups attached to an aromatic ring is 1. The highest BCUT2D eigenvalue weighted by Gasteiger charge is 2.24. The molecule has 1 amide bonds. The molecule has 3 N–H and O–H groups in total. The van der Waals surface area contributed by atoms with Crippen LogP contribution in [-0.4, -0.2) is 10.9 Å². The topological polar surface area (TPSA) is 68.0 Å². The van der Waals surface area contributed by atoms with E-state index in [0.29, 0.717) is 4.88 Å². The van der Waals surface area contributed by atoms with Gasteiger partial charge in [-0.05, 0) is 55.0 Å². The summed E-state index contributed by atoms with van der Waals surface area (Å²) in [6.45, 7) is 1.91. The third-order valence-corrected chi connectivity index (χ3v) is 6.19. The van der Waals surface area contributed by atoms with E-state index in [1.54, 1.807) is 0 Å². The summed E-state index contributed by atoms with van der Waals surface area (Å²) in [6.07, 6.45) is 3.79. The van der Waals surface area contributed by atoms with Gasteiger partial charge < -0.3 is 11.1 Å². The summed E-state index contributed by atoms with van der Waals surface area (Å²) in [7, 11) is 0. The number of aromatic nitrogens is 1. The number of benzene rings is 2. The summed E-state index contributed by atoms with van der Waals surface area (Å²) in [5.41, 5.74) is 11.1. The molecule has 2 aromatic carbocycles. The van der Waals surface area contributed by atoms with E-state index in [0.717, 1.165) is 42.1 Å². The van der Waals surface area contributed by atoms with Crippen molar-refractivity contribution in [2.75, 3.05) is 5.73 Å². The number of aryl methyl sites for hydroxylation is 2. The molecule has 4 nitrogen and oxygen atoms in total. The van der Waals surface area contributed by atoms with Gasteiger partial charge in [0.2, 0.25) is 0 Å². The number of nitrogens with one attached hydrogen (secondary N) is 1. The number of hydrogen-bond donors (Lipinski definition) is 2. The zero-order valence-electron chi connectivity index (χ0n) is 15.4. The van der Waals surface area contributed by atoms with Crippen LogP contribution in [0, 0.1) is 6.92 Å². The highest BCUT2D eigenvalue weighted by atomic mass is 32.1. The van der Waals surface area contributed by atoms with Crippen LogP contribution in [0.2, 0.25) is 0 Å². The average Bonchev–Trinajstić information content (AvgIpc) is 3.02. The quantitative estimate of drug-likeness (QED) is 0.661. The van der Waals surface area contributed by atoms with Gasteiger partial charge in [-0.2, -0.15) is 0 Å². The molecule has 138 valence electrons. The number of hydrogen-bond acceptors (Lipinski definition) is 4. The predicted octanol–water partition coefficient (Wildman–Crippen LogP) is 4.43. The lowest BCUT2D eigenvalue weighted by molar-refractivity contribution is 0.0936. The molecule has 1 aromatic heterocycles. The Kier molecular flexibility index (Phi) is 4.94. The standard InChI is InChI=1S/C22H23N3OS/c1-14-21(27-20(24-14)12-15-6-3-2-4-7-15)22(26)25-19-9-5-8-16-13-17(23)10-11-18(16)19/h2-4,6-7,10-11,13,19H,5,8-9,12,23H2,1H3,(H,25,26). The molecule has 0 spiro atoms. The molecule has 0 radical (unpaired) electrons. The molecule has 1 aliphatic rings. The number of anilines is 1. The van der Waals surface area contributed by atoms with Gasteiger partial charge in [0, 0.05) is 12.1 Å². The van der Waals surface area contributed by atoms with Crippen molar-refractivity contribution in [3.8, 4) is 0 Å². The lowest BCUT2D eigenvalue weighted by Crippen LogP contribution is -2.30. The summed E-state index contributed by atoms with van der Waals surface area (Å²) < 4.78 is 0. The lowest BCUT2D eigenvalue weighted by atomic mass is 9.87. The van der Waals surface area contributed by atoms with Gasteiger partial charge in [0.05, 0.1) is 16.7 Å². The molecule has 0 fully saturated rings. The number of amides is 1. The molecule has 27 heavy (non-hydrogen) atoms. The summed E-state index contributed by atoms with van der Waals surface area (Å²) >= 11 is 1.49. The fraction of sp³-hybridized carbons (Fsp3) is 0.273. The van der Waals surface area contributed by atoms with E-state index in [-0.39, 0.29) is 11.9 Å². The largest absolute Gasteiger partial charge is 0.399 e. The first-order valence-electron chi connectivity index (χ1n) is 9.29. The maximum Gasteiger partial charge on any atom is 0.263 e. The molecular formula is C22H23N3OS. The van der Waals surface area contributed by atoms with Gasteiger partial charge in [0.25, 0.3) is 5.91 Å². The van der Waals surface area contributed by atoms with Crippen LogP contribution in [0.15, 0.2) is 48.5 Å². The second kappa shape index (κ2) is 7.53. The Balaban J connectivity index is 1.51. The van der Waals surface area contributed by atoms with Gasteiger partial charge in [-0.1, -0.05) is 36.4 Å². The monoisotopic (exact) mass is 377 g/mol. The molecule has 5 heteroatoms. The molecular weight excluding hydrogens is 354 g/mol. The second-order valence-corrected chi connectivity index (χ2v) is 8.14. The van der Waals surface area contributed by atoms with Crippen LogP contribution in [0.4, 0.5) is 5.69 Å². The summed E-state index contributed by atoms with van der Waals surface area (Å²) in [4.78, 5) is 18.2. The van der Waals surface area contributed by atoms with Crippen LogP contribution in [0.5, 0.6) is 0 Å². The van der Waals surface area contributed by atoms with E-state index in [9.17, 15) is 4.79 Å². The smallest absolute Gasteiger partial charge is 0.263 e. The summed E-state index contributed by atoms with van der Waals surface area (Å²) in [5, 5.41) is 4.19. The lowest BCUT2D eigenvalue weighted by Gasteiger charge is -2.26. The van der Waals surface area contributed by atoms with E-state index in [4.69, 9.17) is 5.73 Å². The van der Waals surface area contributed by atoms with E-state index in [1.165, 1.54) is 28.0 Å². The van der Waals surface area contributed by atoms with Crippen molar-refractivity contribution >= 4 is 22.9 Å². The van der Waals surface area contributed by atoms with Crippen molar-refractivity contribution in [2.24, 2.45) is 0 Å². The van der Waals surface area contributed by atoms with E-state index in [2.05, 4.69) is 28.5 Å². The SMILES string of the molecule is Cc1nc(Cc2ccccc2)sc1C(=O)NC1CCCc2cc(N)ccc21. The average molecular weight is 378 g/mol. The molecule has 4 rings (SSSR count). The van der Waals surface area contributed by atoms with Crippen molar-refractivity contribution in [3.05, 3.63) is 80.8 Å². The summed E-state index contributed by atoms with van der Waals surface area (Å²) in [5.74, 6) is -0.0287. The van der Waals surface area contributed by atoms with Crippen LogP contribution >= 0.6 is 11.3 Å². The fourth-order valence-corrected chi connectivity index (χ4v) is 4.72. The van der Waals surface area contributed by atoms with Crippen LogP contribution in [0.3, 0.4) is 0 Å². The van der Waals surface area contributed by atoms with Gasteiger partial charge in [-0.3, -0.25) is 4.79 Å². The number of rotatable bonds is 4. The Bertz CT molecular complexity index is 965. The maximum atomic E-state index is 12.9. The molecule has 1 heterocycles. The second-order valence-electron chi connectivity index (χ2n) is 7.06. The number of fused-ring (bicyclic) bond motifs is 1. The van der Waals surface area contributed by atoms with Crippen molar-refractivity contribution < 1.29 is 4.79 Å². The third kappa shape index (κ3) is 3.88. The Hall–Kier alpha value is -2.66. The van der Waals surface area contributed by atoms with Gasteiger partial charge in [0.15, 0.2) is 0 Å². The molecule has 1 atom stereocenters. The van der Waals surface area contributed by atoms with Gasteiger partial charge >= 0.3 is 0 Å². The molecule has 1 aliphatic carbocycles. The van der Waals surface area contributed by atoms with Crippen molar-refractivity contribution in [3.63, 3.8) is 0 Å². The first-order valence-corrected chi connectivity index (χ1v) is 10.1. The van der Waals surface area contributed by atoms with Crippen molar-refractivity contribution in [1.29, 1.82) is 0 Å². The minimum atomic E-state index is -0.0287. The molecule has 0 bridgehead atoms. The number of thiazole rings is 1. The zero-order valence-corrected chi connectivity index (χ0v) is 16.2. The highest BCUT2D eigenvalue weighted by molar-refractivity contribution is 7.13. The fourth-order valence-electron chi connectivity index (χ4n) is 3.72. The van der Waals surface area contributed by atoms with Gasteiger partial charge in [-0.15, -0.1) is 11.3 Å². The Morgan fingerprint density at radius 3 is 2.89 bits per heavy atom. The third-order valence-electron chi connectivity index (χ3n) is 5.03. The van der Waals surface area contributed by atoms with Crippen LogP contribution in [0.25, 0.3) is 0 Å². The van der Waals surface area contributed by atoms with E-state index >= 15 is 0 Å². The van der Waals surface area contributed by atoms with Crippen LogP contribution in [-0.2, 0) is 12.8 Å². The molecule has 0 aliphatic heterocycles. The highest BCUT2D eigenvalue weighted by Crippen LogP contribution is 2.32. The van der Waals surface area contributed by atoms with Crippen LogP contribution < -0.4 is 11.1 Å². The maximum absolute atomic E-state index is 12.9. The predicted molar refractivity (Wildman–Crippen MR) is 110 cm³/mol. The van der Waals surface area contributed by atoms with Crippen molar-refractivity contribution in [1.82, 2.24) is 10.3 Å². The summed E-state index contributed by atoms with van der Waals surface area (Å²) in [6, 6.07) is 16.3. The normalized spacial score (nSPS) is 16.0. The van der Waals surface area contributed by atoms with E-state index < -0.39 is 0 Å². The first-order chi connectivity index (χ1) is 13.1. The number of carbonyl (C=O) groups is 1. The minimum absolute atomic E-state index is 0.0287. The number of nitrogens with two attached hydrogens (primary N) is 1. The Labute approximate surface area is 163 Å². The van der Waals surface area contributed by atoms with Crippen LogP contribution in [0.1, 0.15) is 55.9 Å². The molecule has 0 saturated heterocycles. The number of carbonyl (C=O) groups excluding carboxylic acids is 1. The van der Waals surface area contributed by atoms with Gasteiger partial charge in [-0.25, -0.2) is 4.98 Å². The Morgan fingerprint density at radius 2 is 2.07 bits per heavy atom. The molecule has 3 aromatic rings. The first kappa shape index (κ1) is 17.7.